The van der Waals surface area contributed by atoms with Crippen LogP contribution in [0.2, 0.25) is 0 Å². The molecular weight excluding hydrogens is 318 g/mol. The van der Waals surface area contributed by atoms with Gasteiger partial charge in [0.05, 0.1) is 6.26 Å². The van der Waals surface area contributed by atoms with E-state index in [1.807, 2.05) is 41.0 Å². The van der Waals surface area contributed by atoms with Gasteiger partial charge in [-0.3, -0.25) is 9.89 Å². The summed E-state index contributed by atoms with van der Waals surface area (Å²) in [5.74, 6) is 2.15. The summed E-state index contributed by atoms with van der Waals surface area (Å²) in [6.07, 6.45) is 8.41. The Morgan fingerprint density at radius 1 is 1.48 bits per heavy atom. The zero-order valence-corrected chi connectivity index (χ0v) is 14.2. The zero-order valence-electron chi connectivity index (χ0n) is 14.2. The highest BCUT2D eigenvalue weighted by Gasteiger charge is 2.27. The Bertz CT molecular complexity index is 849. The van der Waals surface area contributed by atoms with Crippen molar-refractivity contribution in [3.63, 3.8) is 0 Å². The van der Waals surface area contributed by atoms with Gasteiger partial charge in [-0.05, 0) is 30.9 Å². The maximum Gasteiger partial charge on any atom is 0.274 e. The number of hydrogen-bond acceptors (Lipinski definition) is 4. The first-order chi connectivity index (χ1) is 12.2. The number of aromatic amines is 1. The molecule has 130 valence electrons. The number of nitrogens with one attached hydrogen (secondary N) is 1. The van der Waals surface area contributed by atoms with Crippen LogP contribution in [0.5, 0.6) is 0 Å². The topological polar surface area (TPSA) is 80.0 Å². The van der Waals surface area contributed by atoms with E-state index in [1.165, 1.54) is 0 Å². The molecule has 3 aromatic heterocycles. The minimum absolute atomic E-state index is 0.0291. The molecule has 0 spiro atoms. The number of likely N-dealkylation sites (tertiary alicyclic amines) is 1. The second-order valence-electron chi connectivity index (χ2n) is 6.56. The number of furan rings is 1. The molecule has 0 aliphatic carbocycles. The van der Waals surface area contributed by atoms with Crippen LogP contribution in [-0.2, 0) is 13.5 Å². The molecular formula is C18H21N5O2. The van der Waals surface area contributed by atoms with Gasteiger partial charge in [0.1, 0.15) is 11.5 Å². The lowest BCUT2D eigenvalue weighted by molar-refractivity contribution is 0.0666. The monoisotopic (exact) mass is 339 g/mol. The molecule has 1 fully saturated rings. The number of aromatic nitrogens is 4. The van der Waals surface area contributed by atoms with Crippen LogP contribution in [-0.4, -0.2) is 43.6 Å². The van der Waals surface area contributed by atoms with Crippen molar-refractivity contribution in [3.8, 4) is 11.5 Å². The average Bonchev–Trinajstić information content (AvgIpc) is 3.36. The molecule has 1 N–H and O–H groups in total. The molecule has 1 atom stereocenters. The molecule has 1 unspecified atom stereocenters. The zero-order chi connectivity index (χ0) is 17.2. The number of rotatable bonds is 4. The predicted octanol–water partition coefficient (Wildman–Crippen LogP) is 2.50. The molecule has 1 aliphatic heterocycles. The molecule has 4 rings (SSSR count). The molecule has 3 aromatic rings. The molecule has 25 heavy (non-hydrogen) atoms. The van der Waals surface area contributed by atoms with Crippen molar-refractivity contribution in [3.05, 3.63) is 48.4 Å². The Morgan fingerprint density at radius 2 is 2.40 bits per heavy atom. The Morgan fingerprint density at radius 3 is 3.16 bits per heavy atom. The van der Waals surface area contributed by atoms with Gasteiger partial charge < -0.3 is 13.9 Å². The number of aryl methyl sites for hydroxylation is 1. The van der Waals surface area contributed by atoms with Crippen LogP contribution in [0, 0.1) is 5.92 Å². The standard InChI is InChI=1S/C18H21N5O2/c1-22-8-6-19-17(22)10-13-4-2-7-23(12-13)18(24)15-11-14(20-21-15)16-5-3-9-25-16/h3,5-6,8-9,11,13H,2,4,7,10,12H2,1H3,(H,20,21). The van der Waals surface area contributed by atoms with Crippen molar-refractivity contribution in [1.82, 2.24) is 24.6 Å². The Kier molecular flexibility index (Phi) is 4.13. The lowest BCUT2D eigenvalue weighted by atomic mass is 9.94. The maximum absolute atomic E-state index is 12.8. The Labute approximate surface area is 145 Å². The van der Waals surface area contributed by atoms with Crippen LogP contribution in [0.25, 0.3) is 11.5 Å². The molecule has 1 saturated heterocycles. The van der Waals surface area contributed by atoms with Crippen LogP contribution in [0.1, 0.15) is 29.2 Å². The number of carbonyl (C=O) groups excluding carboxylic acids is 1. The van der Waals surface area contributed by atoms with Crippen LogP contribution in [0.15, 0.2) is 41.3 Å². The smallest absolute Gasteiger partial charge is 0.274 e. The van der Waals surface area contributed by atoms with Gasteiger partial charge in [-0.1, -0.05) is 0 Å². The number of nitrogens with zero attached hydrogens (tertiary/aromatic N) is 4. The van der Waals surface area contributed by atoms with Gasteiger partial charge in [0.15, 0.2) is 11.5 Å². The van der Waals surface area contributed by atoms with E-state index in [1.54, 1.807) is 12.3 Å². The van der Waals surface area contributed by atoms with Crippen LogP contribution in [0.4, 0.5) is 0 Å². The Balaban J connectivity index is 1.44. The van der Waals surface area contributed by atoms with Crippen molar-refractivity contribution in [2.45, 2.75) is 19.3 Å². The van der Waals surface area contributed by atoms with E-state index in [-0.39, 0.29) is 5.91 Å². The fourth-order valence-electron chi connectivity index (χ4n) is 3.42. The highest BCUT2D eigenvalue weighted by Crippen LogP contribution is 2.23. The van der Waals surface area contributed by atoms with Crippen molar-refractivity contribution >= 4 is 5.91 Å². The van der Waals surface area contributed by atoms with Gasteiger partial charge in [0, 0.05) is 45.0 Å². The first kappa shape index (κ1) is 15.7. The summed E-state index contributed by atoms with van der Waals surface area (Å²) < 4.78 is 7.39. The fraction of sp³-hybridized carbons (Fsp3) is 0.389. The minimum atomic E-state index is -0.0291. The number of amides is 1. The lowest BCUT2D eigenvalue weighted by Crippen LogP contribution is -2.40. The van der Waals surface area contributed by atoms with E-state index >= 15 is 0 Å². The summed E-state index contributed by atoms with van der Waals surface area (Å²) in [7, 11) is 2.01. The number of piperidine rings is 1. The van der Waals surface area contributed by atoms with E-state index in [9.17, 15) is 4.79 Å². The van der Waals surface area contributed by atoms with E-state index in [4.69, 9.17) is 4.42 Å². The lowest BCUT2D eigenvalue weighted by Gasteiger charge is -2.32. The van der Waals surface area contributed by atoms with Crippen molar-refractivity contribution in [1.29, 1.82) is 0 Å². The highest BCUT2D eigenvalue weighted by molar-refractivity contribution is 5.93. The second kappa shape index (κ2) is 6.58. The molecule has 1 aliphatic rings. The number of carbonyl (C=O) groups is 1. The van der Waals surface area contributed by atoms with Crippen LogP contribution >= 0.6 is 0 Å². The van der Waals surface area contributed by atoms with Crippen LogP contribution < -0.4 is 0 Å². The van der Waals surface area contributed by atoms with E-state index < -0.39 is 0 Å². The number of hydrogen-bond donors (Lipinski definition) is 1. The van der Waals surface area contributed by atoms with Gasteiger partial charge in [-0.2, -0.15) is 5.10 Å². The number of imidazole rings is 1. The van der Waals surface area contributed by atoms with Gasteiger partial charge >= 0.3 is 0 Å². The van der Waals surface area contributed by atoms with Gasteiger partial charge in [-0.25, -0.2) is 4.98 Å². The van der Waals surface area contributed by atoms with E-state index in [2.05, 4.69) is 15.2 Å². The van der Waals surface area contributed by atoms with Gasteiger partial charge in [0.2, 0.25) is 0 Å². The van der Waals surface area contributed by atoms with Crippen molar-refractivity contribution in [2.75, 3.05) is 13.1 Å². The minimum Gasteiger partial charge on any atom is -0.463 e. The summed E-state index contributed by atoms with van der Waals surface area (Å²) >= 11 is 0. The average molecular weight is 339 g/mol. The first-order valence-corrected chi connectivity index (χ1v) is 8.55. The Hall–Kier alpha value is -2.83. The molecule has 7 nitrogen and oxygen atoms in total. The summed E-state index contributed by atoms with van der Waals surface area (Å²) in [5.41, 5.74) is 1.15. The fourth-order valence-corrected chi connectivity index (χ4v) is 3.42. The summed E-state index contributed by atoms with van der Waals surface area (Å²) in [6.45, 7) is 1.52. The largest absolute Gasteiger partial charge is 0.463 e. The van der Waals surface area contributed by atoms with E-state index in [0.717, 1.165) is 43.9 Å². The molecule has 7 heteroatoms. The van der Waals surface area contributed by atoms with E-state index in [0.29, 0.717) is 17.4 Å². The summed E-state index contributed by atoms with van der Waals surface area (Å²) in [4.78, 5) is 19.1. The summed E-state index contributed by atoms with van der Waals surface area (Å²) in [5, 5.41) is 7.05. The second-order valence-corrected chi connectivity index (χ2v) is 6.56. The first-order valence-electron chi connectivity index (χ1n) is 8.55. The quantitative estimate of drug-likeness (QED) is 0.792. The third-order valence-electron chi connectivity index (χ3n) is 4.78. The highest BCUT2D eigenvalue weighted by atomic mass is 16.3. The molecule has 0 aromatic carbocycles. The SMILES string of the molecule is Cn1ccnc1CC1CCCN(C(=O)c2cc(-c3ccco3)[nH]n2)C1. The third-order valence-corrected chi connectivity index (χ3v) is 4.78. The predicted molar refractivity (Wildman–Crippen MR) is 91.8 cm³/mol. The maximum atomic E-state index is 12.8. The number of H-pyrrole nitrogens is 1. The van der Waals surface area contributed by atoms with Crippen molar-refractivity contribution in [2.24, 2.45) is 13.0 Å². The molecule has 1 amide bonds. The third kappa shape index (κ3) is 3.22. The van der Waals surface area contributed by atoms with Gasteiger partial charge in [0.25, 0.3) is 5.91 Å². The normalized spacial score (nSPS) is 17.8. The molecule has 4 heterocycles. The van der Waals surface area contributed by atoms with Crippen LogP contribution in [0.3, 0.4) is 0 Å². The molecule has 0 bridgehead atoms. The molecule has 0 saturated carbocycles. The van der Waals surface area contributed by atoms with Gasteiger partial charge in [-0.15, -0.1) is 0 Å². The summed E-state index contributed by atoms with van der Waals surface area (Å²) in [6, 6.07) is 5.40. The van der Waals surface area contributed by atoms with Crippen molar-refractivity contribution < 1.29 is 9.21 Å². The molecule has 0 radical (unpaired) electrons.